The van der Waals surface area contributed by atoms with Crippen LogP contribution in [0.4, 0.5) is 11.5 Å². The highest BCUT2D eigenvalue weighted by atomic mass is 16.5. The van der Waals surface area contributed by atoms with Crippen molar-refractivity contribution in [2.24, 2.45) is 0 Å². The van der Waals surface area contributed by atoms with Crippen molar-refractivity contribution < 1.29 is 4.74 Å². The Bertz CT molecular complexity index is 917. The normalized spacial score (nSPS) is 10.4. The number of aromatic amines is 2. The molecule has 122 valence electrons. The molecular weight excluding hydrogens is 306 g/mol. The van der Waals surface area contributed by atoms with Gasteiger partial charge in [0.25, 0.3) is 5.56 Å². The number of benzene rings is 2. The predicted octanol–water partition coefficient (Wildman–Crippen LogP) is 2.69. The van der Waals surface area contributed by atoms with Crippen LogP contribution in [0.1, 0.15) is 11.1 Å². The number of H-pyrrole nitrogens is 2. The maximum absolute atomic E-state index is 11.3. The Kier molecular flexibility index (Phi) is 4.47. The van der Waals surface area contributed by atoms with Crippen LogP contribution < -0.4 is 21.3 Å². The fourth-order valence-corrected chi connectivity index (χ4v) is 2.29. The maximum Gasteiger partial charge on any atom is 0.327 e. The minimum absolute atomic E-state index is 0.338. The van der Waals surface area contributed by atoms with Gasteiger partial charge in [-0.15, -0.1) is 0 Å². The Balaban J connectivity index is 1.72. The number of aryl methyl sites for hydroxylation is 1. The van der Waals surface area contributed by atoms with Crippen molar-refractivity contribution in [3.63, 3.8) is 0 Å². The molecule has 6 heteroatoms. The highest BCUT2D eigenvalue weighted by Gasteiger charge is 2.04. The predicted molar refractivity (Wildman–Crippen MR) is 92.9 cm³/mol. The molecule has 0 saturated heterocycles. The third-order valence-electron chi connectivity index (χ3n) is 3.48. The van der Waals surface area contributed by atoms with E-state index in [0.29, 0.717) is 12.4 Å². The second-order valence-electron chi connectivity index (χ2n) is 5.38. The van der Waals surface area contributed by atoms with Gasteiger partial charge in [0, 0.05) is 11.8 Å². The lowest BCUT2D eigenvalue weighted by atomic mass is 10.2. The lowest BCUT2D eigenvalue weighted by Gasteiger charge is -2.12. The van der Waals surface area contributed by atoms with Gasteiger partial charge in [0.2, 0.25) is 0 Å². The van der Waals surface area contributed by atoms with Gasteiger partial charge in [0.05, 0.1) is 0 Å². The van der Waals surface area contributed by atoms with Gasteiger partial charge in [-0.05, 0) is 36.2 Å². The number of aromatic nitrogens is 2. The van der Waals surface area contributed by atoms with E-state index in [1.54, 1.807) is 0 Å². The van der Waals surface area contributed by atoms with Crippen molar-refractivity contribution in [3.8, 4) is 5.75 Å². The molecule has 1 heterocycles. The zero-order valence-corrected chi connectivity index (χ0v) is 13.1. The summed E-state index contributed by atoms with van der Waals surface area (Å²) in [6.45, 7) is 2.41. The van der Waals surface area contributed by atoms with Crippen LogP contribution in [-0.2, 0) is 6.61 Å². The molecule has 2 aromatic carbocycles. The lowest BCUT2D eigenvalue weighted by Crippen LogP contribution is -2.22. The van der Waals surface area contributed by atoms with E-state index in [0.717, 1.165) is 22.6 Å². The van der Waals surface area contributed by atoms with Crippen molar-refractivity contribution in [3.05, 3.63) is 86.6 Å². The van der Waals surface area contributed by atoms with Gasteiger partial charge >= 0.3 is 5.69 Å². The largest absolute Gasteiger partial charge is 0.489 e. The van der Waals surface area contributed by atoms with E-state index < -0.39 is 11.2 Å². The third-order valence-corrected chi connectivity index (χ3v) is 3.48. The van der Waals surface area contributed by atoms with Gasteiger partial charge in [-0.1, -0.05) is 30.3 Å². The van der Waals surface area contributed by atoms with E-state index in [4.69, 9.17) is 4.74 Å². The fourth-order valence-electron chi connectivity index (χ4n) is 2.29. The Labute approximate surface area is 138 Å². The van der Waals surface area contributed by atoms with Crippen LogP contribution in [0.15, 0.2) is 64.2 Å². The lowest BCUT2D eigenvalue weighted by molar-refractivity contribution is 0.306. The van der Waals surface area contributed by atoms with Crippen molar-refractivity contribution in [2.45, 2.75) is 13.5 Å². The molecule has 3 N–H and O–H groups in total. The van der Waals surface area contributed by atoms with Crippen LogP contribution >= 0.6 is 0 Å². The highest BCUT2D eigenvalue weighted by molar-refractivity contribution is 5.61. The molecule has 0 bridgehead atoms. The smallest absolute Gasteiger partial charge is 0.327 e. The Morgan fingerprint density at radius 2 is 1.79 bits per heavy atom. The van der Waals surface area contributed by atoms with E-state index in [1.165, 1.54) is 6.07 Å². The molecule has 1 aromatic heterocycles. The molecule has 24 heavy (non-hydrogen) atoms. The first-order chi connectivity index (χ1) is 11.6. The Morgan fingerprint density at radius 3 is 2.50 bits per heavy atom. The third kappa shape index (κ3) is 3.92. The van der Waals surface area contributed by atoms with Gasteiger partial charge in [-0.2, -0.15) is 0 Å². The molecule has 0 fully saturated rings. The molecule has 0 unspecified atom stereocenters. The van der Waals surface area contributed by atoms with Crippen molar-refractivity contribution >= 4 is 11.5 Å². The Morgan fingerprint density at radius 1 is 1.00 bits per heavy atom. The van der Waals surface area contributed by atoms with Gasteiger partial charge in [0.15, 0.2) is 0 Å². The van der Waals surface area contributed by atoms with Gasteiger partial charge in [0.1, 0.15) is 18.2 Å². The standard InChI is InChI=1S/C18H17N3O3/c1-12-9-14(24-11-13-5-3-2-4-6-13)7-8-15(12)19-16-10-17(22)21-18(23)20-16/h2-10H,11H2,1H3,(H3,19,20,21,22,23). The molecule has 3 rings (SSSR count). The minimum atomic E-state index is -0.550. The second kappa shape index (κ2) is 6.87. The molecule has 3 aromatic rings. The summed E-state index contributed by atoms with van der Waals surface area (Å²) in [7, 11) is 0. The Hall–Kier alpha value is -3.28. The van der Waals surface area contributed by atoms with Crippen LogP contribution in [0, 0.1) is 6.92 Å². The highest BCUT2D eigenvalue weighted by Crippen LogP contribution is 2.24. The fraction of sp³-hybridized carbons (Fsp3) is 0.111. The molecular formula is C18H17N3O3. The molecule has 0 aliphatic carbocycles. The zero-order valence-electron chi connectivity index (χ0n) is 13.1. The van der Waals surface area contributed by atoms with Crippen molar-refractivity contribution in [2.75, 3.05) is 5.32 Å². The van der Waals surface area contributed by atoms with Crippen LogP contribution in [0.2, 0.25) is 0 Å². The number of hydrogen-bond acceptors (Lipinski definition) is 4. The zero-order chi connectivity index (χ0) is 16.9. The van der Waals surface area contributed by atoms with E-state index in [1.807, 2.05) is 55.5 Å². The number of ether oxygens (including phenoxy) is 1. The first-order valence-corrected chi connectivity index (χ1v) is 7.48. The number of rotatable bonds is 5. The SMILES string of the molecule is Cc1cc(OCc2ccccc2)ccc1Nc1cc(=O)[nH]c(=O)[nH]1. The van der Waals surface area contributed by atoms with E-state index >= 15 is 0 Å². The van der Waals surface area contributed by atoms with Crippen LogP contribution in [-0.4, -0.2) is 9.97 Å². The van der Waals surface area contributed by atoms with E-state index in [2.05, 4.69) is 15.3 Å². The summed E-state index contributed by atoms with van der Waals surface area (Å²) < 4.78 is 5.78. The molecule has 0 radical (unpaired) electrons. The van der Waals surface area contributed by atoms with E-state index in [-0.39, 0.29) is 0 Å². The number of anilines is 2. The summed E-state index contributed by atoms with van der Waals surface area (Å²) in [4.78, 5) is 27.3. The summed E-state index contributed by atoms with van der Waals surface area (Å²) in [5.74, 6) is 1.09. The minimum Gasteiger partial charge on any atom is -0.489 e. The molecule has 0 atom stereocenters. The second-order valence-corrected chi connectivity index (χ2v) is 5.38. The summed E-state index contributed by atoms with van der Waals surface area (Å²) in [5.41, 5.74) is 1.80. The number of hydrogen-bond donors (Lipinski definition) is 3. The van der Waals surface area contributed by atoms with Crippen LogP contribution in [0.3, 0.4) is 0 Å². The topological polar surface area (TPSA) is 87.0 Å². The maximum atomic E-state index is 11.3. The van der Waals surface area contributed by atoms with Crippen molar-refractivity contribution in [1.29, 1.82) is 0 Å². The van der Waals surface area contributed by atoms with Gasteiger partial charge < -0.3 is 10.1 Å². The molecule has 0 saturated carbocycles. The summed E-state index contributed by atoms with van der Waals surface area (Å²) in [6, 6.07) is 16.8. The quantitative estimate of drug-likeness (QED) is 0.674. The average molecular weight is 323 g/mol. The molecule has 0 aliphatic heterocycles. The van der Waals surface area contributed by atoms with E-state index in [9.17, 15) is 9.59 Å². The molecule has 0 aliphatic rings. The number of nitrogens with one attached hydrogen (secondary N) is 3. The summed E-state index contributed by atoms with van der Waals surface area (Å²) in [6.07, 6.45) is 0. The average Bonchev–Trinajstić information content (AvgIpc) is 2.55. The molecule has 6 nitrogen and oxygen atoms in total. The van der Waals surface area contributed by atoms with Gasteiger partial charge in [-0.25, -0.2) is 4.79 Å². The first-order valence-electron chi connectivity index (χ1n) is 7.48. The summed E-state index contributed by atoms with van der Waals surface area (Å²) >= 11 is 0. The van der Waals surface area contributed by atoms with Gasteiger partial charge in [-0.3, -0.25) is 14.8 Å². The summed E-state index contributed by atoms with van der Waals surface area (Å²) in [5, 5.41) is 3.02. The molecule has 0 spiro atoms. The monoisotopic (exact) mass is 323 g/mol. The molecule has 0 amide bonds. The first kappa shape index (κ1) is 15.6. The van der Waals surface area contributed by atoms with Crippen LogP contribution in [0.5, 0.6) is 5.75 Å². The van der Waals surface area contributed by atoms with Crippen LogP contribution in [0.25, 0.3) is 0 Å². The van der Waals surface area contributed by atoms with Crippen molar-refractivity contribution in [1.82, 2.24) is 9.97 Å².